The molecule has 0 spiro atoms. The molecule has 114 valence electrons. The Morgan fingerprint density at radius 3 is 2.45 bits per heavy atom. The minimum atomic E-state index is -0.429. The Balaban J connectivity index is 2.08. The Bertz CT molecular complexity index is 750. The third-order valence-corrected chi connectivity index (χ3v) is 3.71. The highest BCUT2D eigenvalue weighted by molar-refractivity contribution is 7.80. The van der Waals surface area contributed by atoms with Crippen LogP contribution in [-0.2, 0) is 0 Å². The number of nitrogens with one attached hydrogen (secondary N) is 2. The van der Waals surface area contributed by atoms with Gasteiger partial charge in [-0.25, -0.2) is 0 Å². The van der Waals surface area contributed by atoms with Gasteiger partial charge in [0, 0.05) is 28.5 Å². The molecule has 0 fully saturated rings. The normalized spacial score (nSPS) is 10.1. The van der Waals surface area contributed by atoms with E-state index in [-0.39, 0.29) is 5.69 Å². The van der Waals surface area contributed by atoms with Crippen molar-refractivity contribution in [3.05, 3.63) is 62.7 Å². The molecule has 0 saturated carbocycles. The zero-order valence-electron chi connectivity index (χ0n) is 12.0. The number of rotatable bonds is 3. The van der Waals surface area contributed by atoms with E-state index in [1.165, 1.54) is 12.1 Å². The largest absolute Gasteiger partial charge is 0.332 e. The number of anilines is 2. The Kier molecular flexibility index (Phi) is 4.95. The fraction of sp³-hybridized carbons (Fsp3) is 0.133. The minimum Gasteiger partial charge on any atom is -0.332 e. The number of aryl methyl sites for hydroxylation is 2. The maximum atomic E-state index is 10.7. The summed E-state index contributed by atoms with van der Waals surface area (Å²) in [6.07, 6.45) is 0. The Morgan fingerprint density at radius 2 is 1.86 bits per heavy atom. The zero-order valence-corrected chi connectivity index (χ0v) is 13.6. The second kappa shape index (κ2) is 6.72. The first-order valence-electron chi connectivity index (χ1n) is 6.46. The molecular formula is C15H14ClN3O2S. The van der Waals surface area contributed by atoms with Crippen LogP contribution in [0, 0.1) is 24.0 Å². The first-order valence-corrected chi connectivity index (χ1v) is 7.24. The van der Waals surface area contributed by atoms with Gasteiger partial charge in [0.05, 0.1) is 4.92 Å². The van der Waals surface area contributed by atoms with Crippen molar-refractivity contribution >= 4 is 46.0 Å². The summed E-state index contributed by atoms with van der Waals surface area (Å²) < 4.78 is 0. The number of hydrogen-bond acceptors (Lipinski definition) is 3. The molecular weight excluding hydrogens is 322 g/mol. The summed E-state index contributed by atoms with van der Waals surface area (Å²) in [5, 5.41) is 17.8. The standard InChI is InChI=1S/C15H14ClN3O2S/c1-9-3-4-11(8-13(9)16)17-15(22)18-14-6-5-12(19(20)21)7-10(14)2/h3-8H,1-2H3,(H2,17,18,22). The van der Waals surface area contributed by atoms with Gasteiger partial charge in [0.2, 0.25) is 0 Å². The molecule has 0 atom stereocenters. The van der Waals surface area contributed by atoms with Crippen molar-refractivity contribution in [1.29, 1.82) is 0 Å². The molecule has 0 radical (unpaired) electrons. The van der Waals surface area contributed by atoms with Gasteiger partial charge < -0.3 is 10.6 Å². The quantitative estimate of drug-likeness (QED) is 0.484. The van der Waals surface area contributed by atoms with E-state index in [2.05, 4.69) is 10.6 Å². The van der Waals surface area contributed by atoms with E-state index in [0.29, 0.717) is 15.8 Å². The third-order valence-electron chi connectivity index (χ3n) is 3.10. The van der Waals surface area contributed by atoms with E-state index in [1.807, 2.05) is 19.1 Å². The monoisotopic (exact) mass is 335 g/mol. The highest BCUT2D eigenvalue weighted by Gasteiger charge is 2.09. The van der Waals surface area contributed by atoms with Gasteiger partial charge in [-0.15, -0.1) is 0 Å². The van der Waals surface area contributed by atoms with E-state index in [9.17, 15) is 10.1 Å². The van der Waals surface area contributed by atoms with E-state index < -0.39 is 4.92 Å². The van der Waals surface area contributed by atoms with Crippen molar-refractivity contribution in [2.24, 2.45) is 0 Å². The van der Waals surface area contributed by atoms with Gasteiger partial charge >= 0.3 is 0 Å². The number of nitro benzene ring substituents is 1. The molecule has 0 aliphatic carbocycles. The summed E-state index contributed by atoms with van der Waals surface area (Å²) in [6, 6.07) is 10.1. The highest BCUT2D eigenvalue weighted by atomic mass is 35.5. The van der Waals surface area contributed by atoms with Gasteiger partial charge in [-0.05, 0) is 55.4 Å². The van der Waals surface area contributed by atoms with Crippen LogP contribution in [0.5, 0.6) is 0 Å². The average molecular weight is 336 g/mol. The number of halogens is 1. The molecule has 7 heteroatoms. The second-order valence-corrected chi connectivity index (χ2v) is 5.61. The Morgan fingerprint density at radius 1 is 1.14 bits per heavy atom. The fourth-order valence-electron chi connectivity index (χ4n) is 1.86. The van der Waals surface area contributed by atoms with Crippen molar-refractivity contribution in [3.8, 4) is 0 Å². The summed E-state index contributed by atoms with van der Waals surface area (Å²) >= 11 is 11.3. The van der Waals surface area contributed by atoms with Crippen LogP contribution in [-0.4, -0.2) is 10.0 Å². The molecule has 2 aromatic carbocycles. The van der Waals surface area contributed by atoms with E-state index in [1.54, 1.807) is 19.1 Å². The predicted molar refractivity (Wildman–Crippen MR) is 93.9 cm³/mol. The minimum absolute atomic E-state index is 0.0484. The summed E-state index contributed by atoms with van der Waals surface area (Å²) in [4.78, 5) is 10.3. The van der Waals surface area contributed by atoms with E-state index in [0.717, 1.165) is 16.8 Å². The SMILES string of the molecule is Cc1ccc(NC(=S)Nc2ccc([N+](=O)[O-])cc2C)cc1Cl. The number of nitro groups is 1. The Labute approximate surface area is 138 Å². The van der Waals surface area contributed by atoms with E-state index >= 15 is 0 Å². The molecule has 22 heavy (non-hydrogen) atoms. The molecule has 0 heterocycles. The van der Waals surface area contributed by atoms with Crippen LogP contribution in [0.25, 0.3) is 0 Å². The molecule has 0 amide bonds. The van der Waals surface area contributed by atoms with Gasteiger partial charge in [-0.2, -0.15) is 0 Å². The molecule has 0 aromatic heterocycles. The van der Waals surface area contributed by atoms with Crippen molar-refractivity contribution in [2.75, 3.05) is 10.6 Å². The topological polar surface area (TPSA) is 67.2 Å². The number of nitrogens with zero attached hydrogens (tertiary/aromatic N) is 1. The van der Waals surface area contributed by atoms with Crippen LogP contribution in [0.1, 0.15) is 11.1 Å². The van der Waals surface area contributed by atoms with E-state index in [4.69, 9.17) is 23.8 Å². The third kappa shape index (κ3) is 3.93. The molecule has 0 saturated heterocycles. The lowest BCUT2D eigenvalue weighted by atomic mass is 10.2. The number of thiocarbonyl (C=S) groups is 1. The van der Waals surface area contributed by atoms with Crippen LogP contribution in [0.15, 0.2) is 36.4 Å². The summed E-state index contributed by atoms with van der Waals surface area (Å²) in [7, 11) is 0. The van der Waals surface area contributed by atoms with Crippen LogP contribution in [0.4, 0.5) is 17.1 Å². The molecule has 5 nitrogen and oxygen atoms in total. The number of non-ortho nitro benzene ring substituents is 1. The highest BCUT2D eigenvalue weighted by Crippen LogP contribution is 2.23. The van der Waals surface area contributed by atoms with Crippen LogP contribution >= 0.6 is 23.8 Å². The van der Waals surface area contributed by atoms with Gasteiger partial charge in [0.1, 0.15) is 0 Å². The average Bonchev–Trinajstić information content (AvgIpc) is 2.45. The van der Waals surface area contributed by atoms with Crippen LogP contribution < -0.4 is 10.6 Å². The zero-order chi connectivity index (χ0) is 16.3. The molecule has 2 N–H and O–H groups in total. The number of benzene rings is 2. The first kappa shape index (κ1) is 16.2. The summed E-state index contributed by atoms with van der Waals surface area (Å²) in [5.41, 5.74) is 3.25. The van der Waals surface area contributed by atoms with Crippen molar-refractivity contribution in [3.63, 3.8) is 0 Å². The Hall–Kier alpha value is -2.18. The maximum absolute atomic E-state index is 10.7. The lowest BCUT2D eigenvalue weighted by molar-refractivity contribution is -0.384. The number of hydrogen-bond donors (Lipinski definition) is 2. The molecule has 2 aromatic rings. The van der Waals surface area contributed by atoms with Gasteiger partial charge in [-0.1, -0.05) is 17.7 Å². The van der Waals surface area contributed by atoms with Gasteiger partial charge in [0.25, 0.3) is 5.69 Å². The summed E-state index contributed by atoms with van der Waals surface area (Å²) in [5.74, 6) is 0. The molecule has 0 unspecified atom stereocenters. The lowest BCUT2D eigenvalue weighted by Crippen LogP contribution is -2.19. The molecule has 0 aliphatic heterocycles. The molecule has 0 bridgehead atoms. The van der Waals surface area contributed by atoms with Crippen LogP contribution in [0.2, 0.25) is 5.02 Å². The smallest absolute Gasteiger partial charge is 0.269 e. The lowest BCUT2D eigenvalue weighted by Gasteiger charge is -2.13. The van der Waals surface area contributed by atoms with Gasteiger partial charge in [-0.3, -0.25) is 10.1 Å². The first-order chi connectivity index (χ1) is 10.4. The van der Waals surface area contributed by atoms with Gasteiger partial charge in [0.15, 0.2) is 5.11 Å². The second-order valence-electron chi connectivity index (χ2n) is 4.80. The van der Waals surface area contributed by atoms with Crippen molar-refractivity contribution < 1.29 is 4.92 Å². The maximum Gasteiger partial charge on any atom is 0.269 e. The fourth-order valence-corrected chi connectivity index (χ4v) is 2.27. The molecule has 0 aliphatic rings. The molecule has 2 rings (SSSR count). The van der Waals surface area contributed by atoms with Crippen LogP contribution in [0.3, 0.4) is 0 Å². The predicted octanol–water partition coefficient (Wildman–Crippen LogP) is 4.67. The van der Waals surface area contributed by atoms with Crippen molar-refractivity contribution in [1.82, 2.24) is 0 Å². The van der Waals surface area contributed by atoms with Crippen molar-refractivity contribution in [2.45, 2.75) is 13.8 Å². The summed E-state index contributed by atoms with van der Waals surface area (Å²) in [6.45, 7) is 3.70.